The zero-order valence-corrected chi connectivity index (χ0v) is 12.2. The number of hydrogen-bond acceptors (Lipinski definition) is 2. The molecule has 4 heteroatoms. The maximum atomic E-state index is 12.0. The van der Waals surface area contributed by atoms with Crippen LogP contribution < -0.4 is 10.1 Å². The van der Waals surface area contributed by atoms with Gasteiger partial charge in [-0.25, -0.2) is 4.79 Å². The maximum Gasteiger partial charge on any atom is 0.317 e. The van der Waals surface area contributed by atoms with Gasteiger partial charge in [0.05, 0.1) is 6.61 Å². The van der Waals surface area contributed by atoms with Crippen molar-refractivity contribution in [2.24, 2.45) is 0 Å². The van der Waals surface area contributed by atoms with Gasteiger partial charge in [0, 0.05) is 19.1 Å². The lowest BCUT2D eigenvalue weighted by molar-refractivity contribution is 0.157. The van der Waals surface area contributed by atoms with Gasteiger partial charge in [0.2, 0.25) is 0 Å². The molecule has 2 rings (SSSR count). The Labute approximate surface area is 121 Å². The van der Waals surface area contributed by atoms with E-state index in [0.29, 0.717) is 19.2 Å². The lowest BCUT2D eigenvalue weighted by Crippen LogP contribution is -2.47. The summed E-state index contributed by atoms with van der Waals surface area (Å²) in [7, 11) is 0. The van der Waals surface area contributed by atoms with Crippen molar-refractivity contribution in [2.45, 2.75) is 38.6 Å². The molecular formula is C16H24N2O2. The van der Waals surface area contributed by atoms with Gasteiger partial charge in [-0.15, -0.1) is 0 Å². The third-order valence-corrected chi connectivity index (χ3v) is 3.67. The van der Waals surface area contributed by atoms with Crippen molar-refractivity contribution >= 4 is 6.03 Å². The van der Waals surface area contributed by atoms with Crippen molar-refractivity contribution in [3.05, 3.63) is 30.3 Å². The molecule has 0 aromatic heterocycles. The molecule has 110 valence electrons. The van der Waals surface area contributed by atoms with Crippen LogP contribution >= 0.6 is 0 Å². The van der Waals surface area contributed by atoms with Crippen LogP contribution in [0.2, 0.25) is 0 Å². The largest absolute Gasteiger partial charge is 0.494 e. The number of nitrogens with one attached hydrogen (secondary N) is 1. The Morgan fingerprint density at radius 1 is 1.35 bits per heavy atom. The molecule has 0 spiro atoms. The van der Waals surface area contributed by atoms with Crippen molar-refractivity contribution in [1.29, 1.82) is 0 Å². The van der Waals surface area contributed by atoms with Crippen molar-refractivity contribution < 1.29 is 9.53 Å². The number of carbonyl (C=O) groups is 1. The SMILES string of the molecule is CC1CCCCN1C(=O)NCCCOc1ccccc1. The summed E-state index contributed by atoms with van der Waals surface area (Å²) in [4.78, 5) is 14.0. The number of amides is 2. The summed E-state index contributed by atoms with van der Waals surface area (Å²) in [5, 5.41) is 2.98. The quantitative estimate of drug-likeness (QED) is 0.840. The molecule has 1 aromatic rings. The Morgan fingerprint density at radius 2 is 2.15 bits per heavy atom. The van der Waals surface area contributed by atoms with Gasteiger partial charge in [-0.05, 0) is 44.7 Å². The number of para-hydroxylation sites is 1. The summed E-state index contributed by atoms with van der Waals surface area (Å²) in [5.74, 6) is 0.878. The van der Waals surface area contributed by atoms with Gasteiger partial charge < -0.3 is 15.0 Å². The normalized spacial score (nSPS) is 18.6. The molecular weight excluding hydrogens is 252 g/mol. The smallest absolute Gasteiger partial charge is 0.317 e. The van der Waals surface area contributed by atoms with Gasteiger partial charge in [0.1, 0.15) is 5.75 Å². The lowest BCUT2D eigenvalue weighted by atomic mass is 10.0. The molecule has 1 N–H and O–H groups in total. The van der Waals surface area contributed by atoms with Crippen LogP contribution in [-0.2, 0) is 0 Å². The first-order valence-corrected chi connectivity index (χ1v) is 7.49. The predicted octanol–water partition coefficient (Wildman–Crippen LogP) is 3.04. The fourth-order valence-electron chi connectivity index (χ4n) is 2.48. The van der Waals surface area contributed by atoms with E-state index in [-0.39, 0.29) is 6.03 Å². The van der Waals surface area contributed by atoms with Gasteiger partial charge in [0.25, 0.3) is 0 Å². The van der Waals surface area contributed by atoms with Crippen LogP contribution in [0.5, 0.6) is 5.75 Å². The molecule has 0 radical (unpaired) electrons. The van der Waals surface area contributed by atoms with Gasteiger partial charge in [-0.2, -0.15) is 0 Å². The van der Waals surface area contributed by atoms with Gasteiger partial charge >= 0.3 is 6.03 Å². The topological polar surface area (TPSA) is 41.6 Å². The van der Waals surface area contributed by atoms with Gasteiger partial charge in [0.15, 0.2) is 0 Å². The highest BCUT2D eigenvalue weighted by atomic mass is 16.5. The second kappa shape index (κ2) is 7.78. The number of likely N-dealkylation sites (tertiary alicyclic amines) is 1. The van der Waals surface area contributed by atoms with E-state index in [1.54, 1.807) is 0 Å². The van der Waals surface area contributed by atoms with E-state index in [1.807, 2.05) is 35.2 Å². The average Bonchev–Trinajstić information content (AvgIpc) is 2.48. The molecule has 0 saturated carbocycles. The minimum Gasteiger partial charge on any atom is -0.494 e. The number of rotatable bonds is 5. The molecule has 0 bridgehead atoms. The summed E-state index contributed by atoms with van der Waals surface area (Å²) < 4.78 is 5.59. The monoisotopic (exact) mass is 276 g/mol. The van der Waals surface area contributed by atoms with E-state index in [1.165, 1.54) is 6.42 Å². The highest BCUT2D eigenvalue weighted by molar-refractivity contribution is 5.74. The highest BCUT2D eigenvalue weighted by Crippen LogP contribution is 2.16. The van der Waals surface area contributed by atoms with Crippen molar-refractivity contribution in [3.8, 4) is 5.75 Å². The van der Waals surface area contributed by atoms with E-state index in [0.717, 1.165) is 31.6 Å². The second-order valence-corrected chi connectivity index (χ2v) is 5.29. The minimum atomic E-state index is 0.0666. The Bertz CT molecular complexity index is 408. The first-order valence-electron chi connectivity index (χ1n) is 7.49. The Hall–Kier alpha value is -1.71. The summed E-state index contributed by atoms with van der Waals surface area (Å²) in [6, 6.07) is 10.2. The number of urea groups is 1. The number of nitrogens with zero attached hydrogens (tertiary/aromatic N) is 1. The third kappa shape index (κ3) is 4.44. The summed E-state index contributed by atoms with van der Waals surface area (Å²) in [6.45, 7) is 4.29. The number of benzene rings is 1. The van der Waals surface area contributed by atoms with Gasteiger partial charge in [-0.3, -0.25) is 0 Å². The van der Waals surface area contributed by atoms with Crippen molar-refractivity contribution in [3.63, 3.8) is 0 Å². The summed E-state index contributed by atoms with van der Waals surface area (Å²) in [5.41, 5.74) is 0. The third-order valence-electron chi connectivity index (χ3n) is 3.67. The van der Waals surface area contributed by atoms with E-state index in [4.69, 9.17) is 4.74 Å². The molecule has 1 aliphatic heterocycles. The first-order chi connectivity index (χ1) is 9.77. The number of ether oxygens (including phenoxy) is 1. The highest BCUT2D eigenvalue weighted by Gasteiger charge is 2.22. The minimum absolute atomic E-state index is 0.0666. The van der Waals surface area contributed by atoms with Crippen LogP contribution in [0, 0.1) is 0 Å². The molecule has 1 aromatic carbocycles. The molecule has 1 aliphatic rings. The van der Waals surface area contributed by atoms with E-state index in [2.05, 4.69) is 12.2 Å². The van der Waals surface area contributed by atoms with Crippen LogP contribution in [0.25, 0.3) is 0 Å². The molecule has 1 heterocycles. The Balaban J connectivity index is 1.59. The fraction of sp³-hybridized carbons (Fsp3) is 0.562. The molecule has 1 atom stereocenters. The van der Waals surface area contributed by atoms with E-state index < -0.39 is 0 Å². The number of hydrogen-bond donors (Lipinski definition) is 1. The van der Waals surface area contributed by atoms with Crippen LogP contribution in [0.15, 0.2) is 30.3 Å². The lowest BCUT2D eigenvalue weighted by Gasteiger charge is -2.33. The molecule has 20 heavy (non-hydrogen) atoms. The molecule has 0 aliphatic carbocycles. The molecule has 1 fully saturated rings. The number of carbonyl (C=O) groups excluding carboxylic acids is 1. The summed E-state index contributed by atoms with van der Waals surface area (Å²) >= 11 is 0. The Morgan fingerprint density at radius 3 is 2.90 bits per heavy atom. The standard InChI is InChI=1S/C16H24N2O2/c1-14-8-5-6-12-18(14)16(19)17-11-7-13-20-15-9-3-2-4-10-15/h2-4,9-10,14H,5-8,11-13H2,1H3,(H,17,19). The van der Waals surface area contributed by atoms with E-state index >= 15 is 0 Å². The first kappa shape index (κ1) is 14.7. The molecule has 1 saturated heterocycles. The molecule has 2 amide bonds. The fourth-order valence-corrected chi connectivity index (χ4v) is 2.48. The van der Waals surface area contributed by atoms with E-state index in [9.17, 15) is 4.79 Å². The zero-order valence-electron chi connectivity index (χ0n) is 12.2. The van der Waals surface area contributed by atoms with Crippen LogP contribution in [0.4, 0.5) is 4.79 Å². The zero-order chi connectivity index (χ0) is 14.2. The van der Waals surface area contributed by atoms with Gasteiger partial charge in [-0.1, -0.05) is 18.2 Å². The average molecular weight is 276 g/mol. The van der Waals surface area contributed by atoms with Crippen LogP contribution in [0.1, 0.15) is 32.6 Å². The van der Waals surface area contributed by atoms with Crippen molar-refractivity contribution in [2.75, 3.05) is 19.7 Å². The molecule has 4 nitrogen and oxygen atoms in total. The van der Waals surface area contributed by atoms with Crippen LogP contribution in [0.3, 0.4) is 0 Å². The Kier molecular flexibility index (Phi) is 5.71. The summed E-state index contributed by atoms with van der Waals surface area (Å²) in [6.07, 6.45) is 4.29. The second-order valence-electron chi connectivity index (χ2n) is 5.29. The number of piperidine rings is 1. The predicted molar refractivity (Wildman–Crippen MR) is 80.0 cm³/mol. The molecule has 1 unspecified atom stereocenters. The van der Waals surface area contributed by atoms with Crippen LogP contribution in [-0.4, -0.2) is 36.7 Å². The maximum absolute atomic E-state index is 12.0. The van der Waals surface area contributed by atoms with Crippen molar-refractivity contribution in [1.82, 2.24) is 10.2 Å².